The zero-order chi connectivity index (χ0) is 18.6. The van der Waals surface area contributed by atoms with Crippen LogP contribution < -0.4 is 5.32 Å². The summed E-state index contributed by atoms with van der Waals surface area (Å²) in [5.41, 5.74) is 0.262. The lowest BCUT2D eigenvalue weighted by Gasteiger charge is -2.33. The summed E-state index contributed by atoms with van der Waals surface area (Å²) in [5.74, 6) is -0.814. The highest BCUT2D eigenvalue weighted by Crippen LogP contribution is 2.21. The van der Waals surface area contributed by atoms with Crippen LogP contribution in [0.15, 0.2) is 18.2 Å². The van der Waals surface area contributed by atoms with Gasteiger partial charge in [0.1, 0.15) is 0 Å². The van der Waals surface area contributed by atoms with Gasteiger partial charge in [-0.15, -0.1) is 0 Å². The number of carbonyl (C=O) groups is 3. The van der Waals surface area contributed by atoms with Crippen molar-refractivity contribution in [3.8, 4) is 0 Å². The SMILES string of the molecule is CN(C)C(=O)C1CCCN(C(=O)CNC(=O)c2ccc(Cl)cc2Cl)C1. The highest BCUT2D eigenvalue weighted by atomic mass is 35.5. The summed E-state index contributed by atoms with van der Waals surface area (Å²) in [6.45, 7) is 0.835. The van der Waals surface area contributed by atoms with E-state index in [2.05, 4.69) is 5.32 Å². The van der Waals surface area contributed by atoms with Crippen molar-refractivity contribution >= 4 is 40.9 Å². The summed E-state index contributed by atoms with van der Waals surface area (Å²) in [5, 5.41) is 3.23. The zero-order valence-corrected chi connectivity index (χ0v) is 15.7. The fourth-order valence-corrected chi connectivity index (χ4v) is 3.30. The van der Waals surface area contributed by atoms with Crippen molar-refractivity contribution in [1.82, 2.24) is 15.1 Å². The number of nitrogens with zero attached hydrogens (tertiary/aromatic N) is 2. The summed E-state index contributed by atoms with van der Waals surface area (Å²) in [4.78, 5) is 39.7. The van der Waals surface area contributed by atoms with Gasteiger partial charge in [-0.05, 0) is 31.0 Å². The molecule has 1 fully saturated rings. The second kappa shape index (κ2) is 8.54. The lowest BCUT2D eigenvalue weighted by Crippen LogP contribution is -2.48. The molecule has 0 aromatic heterocycles. The van der Waals surface area contributed by atoms with Crippen LogP contribution in [0.25, 0.3) is 0 Å². The first kappa shape index (κ1) is 19.5. The quantitative estimate of drug-likeness (QED) is 0.861. The summed E-state index contributed by atoms with van der Waals surface area (Å²) in [6.07, 6.45) is 1.54. The van der Waals surface area contributed by atoms with Crippen molar-refractivity contribution in [1.29, 1.82) is 0 Å². The van der Waals surface area contributed by atoms with Crippen molar-refractivity contribution in [2.24, 2.45) is 5.92 Å². The molecule has 0 radical (unpaired) electrons. The van der Waals surface area contributed by atoms with Gasteiger partial charge in [0.2, 0.25) is 11.8 Å². The van der Waals surface area contributed by atoms with Crippen LogP contribution in [-0.2, 0) is 9.59 Å². The Bertz CT molecular complexity index is 679. The number of piperidine rings is 1. The number of benzene rings is 1. The van der Waals surface area contributed by atoms with Crippen LogP contribution >= 0.6 is 23.2 Å². The Morgan fingerprint density at radius 3 is 2.64 bits per heavy atom. The first-order valence-corrected chi connectivity index (χ1v) is 8.77. The van der Waals surface area contributed by atoms with Gasteiger partial charge in [0.05, 0.1) is 23.0 Å². The Morgan fingerprint density at radius 1 is 1.28 bits per heavy atom. The molecule has 0 saturated carbocycles. The Hall–Kier alpha value is -1.79. The van der Waals surface area contributed by atoms with Crippen LogP contribution in [0.3, 0.4) is 0 Å². The van der Waals surface area contributed by atoms with Crippen LogP contribution in [0, 0.1) is 5.92 Å². The van der Waals surface area contributed by atoms with Crippen molar-refractivity contribution in [3.63, 3.8) is 0 Å². The molecule has 1 aromatic rings. The highest BCUT2D eigenvalue weighted by Gasteiger charge is 2.29. The number of amides is 3. The maximum Gasteiger partial charge on any atom is 0.253 e. The summed E-state index contributed by atoms with van der Waals surface area (Å²) in [7, 11) is 3.42. The van der Waals surface area contributed by atoms with E-state index in [-0.39, 0.29) is 34.9 Å². The largest absolute Gasteiger partial charge is 0.349 e. The number of nitrogens with one attached hydrogen (secondary N) is 1. The maximum atomic E-state index is 12.3. The van der Waals surface area contributed by atoms with Gasteiger partial charge in [-0.3, -0.25) is 14.4 Å². The summed E-state index contributed by atoms with van der Waals surface area (Å²) in [6, 6.07) is 4.55. The van der Waals surface area contributed by atoms with Crippen LogP contribution in [0.2, 0.25) is 10.0 Å². The molecule has 3 amide bonds. The van der Waals surface area contributed by atoms with E-state index < -0.39 is 5.91 Å². The summed E-state index contributed by atoms with van der Waals surface area (Å²) >= 11 is 11.8. The molecule has 8 heteroatoms. The molecule has 0 aliphatic carbocycles. The number of halogens is 2. The van der Waals surface area contributed by atoms with Crippen LogP contribution in [-0.4, -0.2) is 61.3 Å². The Labute approximate surface area is 157 Å². The monoisotopic (exact) mass is 385 g/mol. The van der Waals surface area contributed by atoms with E-state index in [1.54, 1.807) is 30.0 Å². The standard InChI is InChI=1S/C17H21Cl2N3O3/c1-21(2)17(25)11-4-3-7-22(10-11)15(23)9-20-16(24)13-6-5-12(18)8-14(13)19/h5-6,8,11H,3-4,7,9-10H2,1-2H3,(H,20,24). The van der Waals surface area contributed by atoms with E-state index >= 15 is 0 Å². The molecule has 0 spiro atoms. The Kier molecular flexibility index (Phi) is 6.67. The third kappa shape index (κ3) is 5.09. The molecule has 0 bridgehead atoms. The topological polar surface area (TPSA) is 69.7 Å². The normalized spacial score (nSPS) is 17.1. The Balaban J connectivity index is 1.91. The third-order valence-electron chi connectivity index (χ3n) is 4.14. The third-order valence-corrected chi connectivity index (χ3v) is 4.69. The average molecular weight is 386 g/mol. The smallest absolute Gasteiger partial charge is 0.253 e. The molecule has 1 aromatic carbocycles. The molecule has 1 aliphatic heterocycles. The van der Waals surface area contributed by atoms with Gasteiger partial charge in [-0.1, -0.05) is 23.2 Å². The van der Waals surface area contributed by atoms with Gasteiger partial charge in [-0.2, -0.15) is 0 Å². The molecule has 136 valence electrons. The summed E-state index contributed by atoms with van der Waals surface area (Å²) < 4.78 is 0. The molecule has 1 unspecified atom stereocenters. The number of carbonyl (C=O) groups excluding carboxylic acids is 3. The molecule has 1 N–H and O–H groups in total. The fraction of sp³-hybridized carbons (Fsp3) is 0.471. The van der Waals surface area contributed by atoms with Crippen LogP contribution in [0.1, 0.15) is 23.2 Å². The van der Waals surface area contributed by atoms with E-state index in [4.69, 9.17) is 23.2 Å². The van der Waals surface area contributed by atoms with E-state index in [0.717, 1.165) is 12.8 Å². The molecule has 1 saturated heterocycles. The lowest BCUT2D eigenvalue weighted by atomic mass is 9.96. The second-order valence-electron chi connectivity index (χ2n) is 6.22. The zero-order valence-electron chi connectivity index (χ0n) is 14.2. The van der Waals surface area contributed by atoms with Crippen molar-refractivity contribution in [2.75, 3.05) is 33.7 Å². The van der Waals surface area contributed by atoms with Crippen molar-refractivity contribution in [3.05, 3.63) is 33.8 Å². The minimum Gasteiger partial charge on any atom is -0.349 e. The molecule has 25 heavy (non-hydrogen) atoms. The molecular formula is C17H21Cl2N3O3. The molecule has 1 heterocycles. The average Bonchev–Trinajstić information content (AvgIpc) is 2.58. The number of hydrogen-bond donors (Lipinski definition) is 1. The van der Waals surface area contributed by atoms with Crippen LogP contribution in [0.5, 0.6) is 0 Å². The van der Waals surface area contributed by atoms with Gasteiger partial charge >= 0.3 is 0 Å². The van der Waals surface area contributed by atoms with Crippen molar-refractivity contribution in [2.45, 2.75) is 12.8 Å². The molecule has 1 aliphatic rings. The Morgan fingerprint density at radius 2 is 2.00 bits per heavy atom. The molecule has 2 rings (SSSR count). The van der Waals surface area contributed by atoms with Gasteiger partial charge in [0.15, 0.2) is 0 Å². The lowest BCUT2D eigenvalue weighted by molar-refractivity contribution is -0.138. The van der Waals surface area contributed by atoms with Gasteiger partial charge in [-0.25, -0.2) is 0 Å². The van der Waals surface area contributed by atoms with Gasteiger partial charge in [0.25, 0.3) is 5.91 Å². The van der Waals surface area contributed by atoms with Gasteiger partial charge < -0.3 is 15.1 Å². The number of rotatable bonds is 4. The van der Waals surface area contributed by atoms with Crippen molar-refractivity contribution < 1.29 is 14.4 Å². The van der Waals surface area contributed by atoms with Gasteiger partial charge in [0, 0.05) is 32.2 Å². The second-order valence-corrected chi connectivity index (χ2v) is 7.06. The van der Waals surface area contributed by atoms with E-state index in [9.17, 15) is 14.4 Å². The number of hydrogen-bond acceptors (Lipinski definition) is 3. The maximum absolute atomic E-state index is 12.3. The van der Waals surface area contributed by atoms with Crippen LogP contribution in [0.4, 0.5) is 0 Å². The molecule has 6 nitrogen and oxygen atoms in total. The van der Waals surface area contributed by atoms with E-state index in [0.29, 0.717) is 18.1 Å². The minimum absolute atomic E-state index is 0.0227. The molecular weight excluding hydrogens is 365 g/mol. The predicted octanol–water partition coefficient (Wildman–Crippen LogP) is 2.05. The molecule has 1 atom stereocenters. The first-order chi connectivity index (χ1) is 11.8. The number of likely N-dealkylation sites (tertiary alicyclic amines) is 1. The minimum atomic E-state index is -0.437. The van der Waals surface area contributed by atoms with E-state index in [1.165, 1.54) is 12.1 Å². The first-order valence-electron chi connectivity index (χ1n) is 8.01. The fourth-order valence-electron chi connectivity index (χ4n) is 2.81. The highest BCUT2D eigenvalue weighted by molar-refractivity contribution is 6.36. The predicted molar refractivity (Wildman–Crippen MR) is 96.8 cm³/mol. The van der Waals surface area contributed by atoms with E-state index in [1.807, 2.05) is 0 Å².